The van der Waals surface area contributed by atoms with Crippen LogP contribution in [0.25, 0.3) is 0 Å². The highest BCUT2D eigenvalue weighted by Crippen LogP contribution is 2.20. The predicted octanol–water partition coefficient (Wildman–Crippen LogP) is 1.87. The average molecular weight is 343 g/mol. The van der Waals surface area contributed by atoms with Gasteiger partial charge in [-0.25, -0.2) is 4.98 Å². The fraction of sp³-hybridized carbons (Fsp3) is 0.389. The summed E-state index contributed by atoms with van der Waals surface area (Å²) in [6.45, 7) is 4.93. The third-order valence-corrected chi connectivity index (χ3v) is 5.31. The first-order valence-corrected chi connectivity index (χ1v) is 8.90. The SMILES string of the molecule is Cc1nc(C)c(CC(=O)N2CCNC(=O)[C@H]2Cc2ccccc2)s1. The summed E-state index contributed by atoms with van der Waals surface area (Å²) in [5.74, 6) is -0.0757. The summed E-state index contributed by atoms with van der Waals surface area (Å²) in [6, 6.07) is 9.38. The maximum atomic E-state index is 12.8. The summed E-state index contributed by atoms with van der Waals surface area (Å²) in [4.78, 5) is 32.2. The van der Waals surface area contributed by atoms with Crippen molar-refractivity contribution in [2.45, 2.75) is 32.7 Å². The van der Waals surface area contributed by atoms with Gasteiger partial charge in [0.1, 0.15) is 6.04 Å². The third-order valence-electron chi connectivity index (χ3n) is 4.23. The Morgan fingerprint density at radius 3 is 2.75 bits per heavy atom. The largest absolute Gasteiger partial charge is 0.353 e. The molecule has 1 aromatic heterocycles. The molecule has 0 saturated carbocycles. The highest BCUT2D eigenvalue weighted by atomic mass is 32.1. The number of hydrogen-bond donors (Lipinski definition) is 1. The smallest absolute Gasteiger partial charge is 0.243 e. The van der Waals surface area contributed by atoms with Crippen molar-refractivity contribution < 1.29 is 9.59 Å². The van der Waals surface area contributed by atoms with Crippen LogP contribution in [0.5, 0.6) is 0 Å². The predicted molar refractivity (Wildman–Crippen MR) is 93.9 cm³/mol. The van der Waals surface area contributed by atoms with Gasteiger partial charge in [0.25, 0.3) is 0 Å². The van der Waals surface area contributed by atoms with Gasteiger partial charge in [0.2, 0.25) is 11.8 Å². The molecule has 126 valence electrons. The van der Waals surface area contributed by atoms with Crippen LogP contribution in [0.1, 0.15) is 21.1 Å². The second-order valence-electron chi connectivity index (χ2n) is 6.00. The van der Waals surface area contributed by atoms with Gasteiger partial charge in [0, 0.05) is 24.4 Å². The van der Waals surface area contributed by atoms with Gasteiger partial charge in [0.15, 0.2) is 0 Å². The minimum Gasteiger partial charge on any atom is -0.353 e. The number of rotatable bonds is 4. The molecule has 1 aromatic carbocycles. The lowest BCUT2D eigenvalue weighted by Gasteiger charge is -2.35. The maximum absolute atomic E-state index is 12.8. The summed E-state index contributed by atoms with van der Waals surface area (Å²) in [5.41, 5.74) is 1.97. The molecule has 1 saturated heterocycles. The monoisotopic (exact) mass is 343 g/mol. The second kappa shape index (κ2) is 7.13. The Morgan fingerprint density at radius 2 is 2.08 bits per heavy atom. The molecule has 1 atom stereocenters. The molecule has 5 nitrogen and oxygen atoms in total. The quantitative estimate of drug-likeness (QED) is 0.922. The Bertz CT molecular complexity index is 742. The van der Waals surface area contributed by atoms with E-state index in [2.05, 4.69) is 10.3 Å². The van der Waals surface area contributed by atoms with Crippen LogP contribution in [0, 0.1) is 13.8 Å². The van der Waals surface area contributed by atoms with Crippen LogP contribution in [-0.2, 0) is 22.4 Å². The van der Waals surface area contributed by atoms with E-state index >= 15 is 0 Å². The Hall–Kier alpha value is -2.21. The van der Waals surface area contributed by atoms with Crippen LogP contribution >= 0.6 is 11.3 Å². The zero-order valence-electron chi connectivity index (χ0n) is 13.9. The lowest BCUT2D eigenvalue weighted by atomic mass is 10.0. The molecule has 1 N–H and O–H groups in total. The number of thiazole rings is 1. The van der Waals surface area contributed by atoms with Crippen LogP contribution in [0.15, 0.2) is 30.3 Å². The minimum absolute atomic E-state index is 0.00229. The number of carbonyl (C=O) groups excluding carboxylic acids is 2. The highest BCUT2D eigenvalue weighted by molar-refractivity contribution is 7.11. The number of amides is 2. The van der Waals surface area contributed by atoms with Gasteiger partial charge >= 0.3 is 0 Å². The Labute approximate surface area is 145 Å². The number of piperazine rings is 1. The number of benzene rings is 1. The molecule has 24 heavy (non-hydrogen) atoms. The number of nitrogens with one attached hydrogen (secondary N) is 1. The molecular formula is C18H21N3O2S. The van der Waals surface area contributed by atoms with E-state index in [0.29, 0.717) is 25.9 Å². The normalized spacial score (nSPS) is 17.7. The van der Waals surface area contributed by atoms with Crippen molar-refractivity contribution in [3.05, 3.63) is 51.5 Å². The first-order valence-electron chi connectivity index (χ1n) is 8.08. The van der Waals surface area contributed by atoms with Gasteiger partial charge < -0.3 is 10.2 Å². The Balaban J connectivity index is 1.76. The molecule has 0 spiro atoms. The first-order chi connectivity index (χ1) is 11.5. The van der Waals surface area contributed by atoms with Crippen molar-refractivity contribution in [1.29, 1.82) is 0 Å². The molecule has 1 fully saturated rings. The Kier molecular flexibility index (Phi) is 4.94. The van der Waals surface area contributed by atoms with Crippen molar-refractivity contribution >= 4 is 23.2 Å². The third kappa shape index (κ3) is 3.64. The van der Waals surface area contributed by atoms with Crippen molar-refractivity contribution in [3.8, 4) is 0 Å². The molecule has 2 heterocycles. The molecule has 0 aliphatic carbocycles. The van der Waals surface area contributed by atoms with Gasteiger partial charge in [-0.1, -0.05) is 30.3 Å². The summed E-state index contributed by atoms with van der Waals surface area (Å²) < 4.78 is 0. The maximum Gasteiger partial charge on any atom is 0.243 e. The summed E-state index contributed by atoms with van der Waals surface area (Å²) in [7, 11) is 0. The van der Waals surface area contributed by atoms with Crippen LogP contribution in [0.3, 0.4) is 0 Å². The van der Waals surface area contributed by atoms with E-state index in [0.717, 1.165) is 21.1 Å². The van der Waals surface area contributed by atoms with Crippen molar-refractivity contribution in [2.75, 3.05) is 13.1 Å². The molecular weight excluding hydrogens is 322 g/mol. The van der Waals surface area contributed by atoms with Crippen LogP contribution in [0.2, 0.25) is 0 Å². The molecule has 3 rings (SSSR count). The lowest BCUT2D eigenvalue weighted by molar-refractivity contribution is -0.142. The number of aromatic nitrogens is 1. The molecule has 1 aliphatic rings. The summed E-state index contributed by atoms with van der Waals surface area (Å²) in [5, 5.41) is 3.84. The molecule has 2 amide bonds. The van der Waals surface area contributed by atoms with E-state index in [4.69, 9.17) is 0 Å². The molecule has 0 radical (unpaired) electrons. The molecule has 1 aliphatic heterocycles. The van der Waals surface area contributed by atoms with Crippen molar-refractivity contribution in [1.82, 2.24) is 15.2 Å². The van der Waals surface area contributed by atoms with Crippen LogP contribution < -0.4 is 5.32 Å². The number of nitrogens with zero attached hydrogens (tertiary/aromatic N) is 2. The fourth-order valence-electron chi connectivity index (χ4n) is 3.03. The van der Waals surface area contributed by atoms with Crippen molar-refractivity contribution in [2.24, 2.45) is 0 Å². The van der Waals surface area contributed by atoms with E-state index in [1.165, 1.54) is 0 Å². The minimum atomic E-state index is -0.442. The zero-order chi connectivity index (χ0) is 17.1. The first kappa shape index (κ1) is 16.6. The number of hydrogen-bond acceptors (Lipinski definition) is 4. The van der Waals surface area contributed by atoms with Gasteiger partial charge in [-0.2, -0.15) is 0 Å². The molecule has 0 bridgehead atoms. The fourth-order valence-corrected chi connectivity index (χ4v) is 3.96. The van der Waals surface area contributed by atoms with Gasteiger partial charge in [0.05, 0.1) is 17.1 Å². The molecule has 0 unspecified atom stereocenters. The van der Waals surface area contributed by atoms with E-state index < -0.39 is 6.04 Å². The van der Waals surface area contributed by atoms with E-state index in [1.54, 1.807) is 16.2 Å². The molecule has 2 aromatic rings. The van der Waals surface area contributed by atoms with Gasteiger partial charge in [-0.3, -0.25) is 9.59 Å². The lowest BCUT2D eigenvalue weighted by Crippen LogP contribution is -2.58. The van der Waals surface area contributed by atoms with Crippen LogP contribution in [0.4, 0.5) is 0 Å². The van der Waals surface area contributed by atoms with E-state index in [-0.39, 0.29) is 11.8 Å². The van der Waals surface area contributed by atoms with E-state index in [9.17, 15) is 9.59 Å². The summed E-state index contributed by atoms with van der Waals surface area (Å²) in [6.07, 6.45) is 0.856. The van der Waals surface area contributed by atoms with Crippen molar-refractivity contribution in [3.63, 3.8) is 0 Å². The molecule has 6 heteroatoms. The standard InChI is InChI=1S/C18H21N3O2S/c1-12-16(24-13(2)20-12)11-17(22)21-9-8-19-18(23)15(21)10-14-6-4-3-5-7-14/h3-7,15H,8-11H2,1-2H3,(H,19,23)/t15-/m1/s1. The highest BCUT2D eigenvalue weighted by Gasteiger charge is 2.33. The van der Waals surface area contributed by atoms with Crippen LogP contribution in [-0.4, -0.2) is 40.8 Å². The second-order valence-corrected chi connectivity index (χ2v) is 7.29. The number of aryl methyl sites for hydroxylation is 2. The number of carbonyl (C=O) groups is 2. The zero-order valence-corrected chi connectivity index (χ0v) is 14.7. The Morgan fingerprint density at radius 1 is 1.33 bits per heavy atom. The van der Waals surface area contributed by atoms with E-state index in [1.807, 2.05) is 44.2 Å². The van der Waals surface area contributed by atoms with Gasteiger partial charge in [-0.15, -0.1) is 11.3 Å². The van der Waals surface area contributed by atoms with Gasteiger partial charge in [-0.05, 0) is 19.4 Å². The summed E-state index contributed by atoms with van der Waals surface area (Å²) >= 11 is 1.55. The topological polar surface area (TPSA) is 62.3 Å². The average Bonchev–Trinajstić information content (AvgIpc) is 2.87.